The fraction of sp³-hybridized carbons (Fsp3) is 0.125. The van der Waals surface area contributed by atoms with Crippen LogP contribution >= 0.6 is 11.6 Å². The van der Waals surface area contributed by atoms with Crippen LogP contribution in [0.1, 0.15) is 10.4 Å². The number of benzene rings is 2. The normalized spacial score (nSPS) is 10.0. The summed E-state index contributed by atoms with van der Waals surface area (Å²) in [4.78, 5) is 22.6. The second-order valence-corrected chi connectivity index (χ2v) is 4.90. The molecule has 0 spiro atoms. The number of methoxy groups -OCH3 is 1. The maximum Gasteiger partial charge on any atom is 0.262 e. The highest BCUT2D eigenvalue weighted by molar-refractivity contribution is 6.33. The molecule has 2 aromatic carbocycles. The van der Waals surface area contributed by atoms with Gasteiger partial charge in [-0.1, -0.05) is 11.6 Å². The standard InChI is InChI=1S/C16H13ClFNO4/c1-22-15-6-10(8-20)2-5-14(15)23-9-16(21)19-13-4-3-11(18)7-12(13)17/h2-8H,9H2,1H3,(H,19,21). The van der Waals surface area contributed by atoms with Crippen molar-refractivity contribution in [2.75, 3.05) is 19.0 Å². The van der Waals surface area contributed by atoms with Gasteiger partial charge in [-0.15, -0.1) is 0 Å². The van der Waals surface area contributed by atoms with Crippen molar-refractivity contribution >= 4 is 29.5 Å². The topological polar surface area (TPSA) is 64.6 Å². The van der Waals surface area contributed by atoms with Gasteiger partial charge < -0.3 is 14.8 Å². The first-order valence-corrected chi connectivity index (χ1v) is 6.92. The summed E-state index contributed by atoms with van der Waals surface area (Å²) in [5, 5.41) is 2.60. The van der Waals surface area contributed by atoms with Crippen LogP contribution in [0.5, 0.6) is 11.5 Å². The van der Waals surface area contributed by atoms with Crippen LogP contribution in [0.15, 0.2) is 36.4 Å². The Morgan fingerprint density at radius 1 is 1.26 bits per heavy atom. The third kappa shape index (κ3) is 4.43. The predicted molar refractivity (Wildman–Crippen MR) is 83.9 cm³/mol. The molecule has 0 saturated heterocycles. The molecule has 0 unspecified atom stereocenters. The van der Waals surface area contributed by atoms with Crippen LogP contribution in [-0.4, -0.2) is 25.9 Å². The largest absolute Gasteiger partial charge is 0.493 e. The zero-order chi connectivity index (χ0) is 16.8. The van der Waals surface area contributed by atoms with E-state index in [1.54, 1.807) is 6.07 Å². The van der Waals surface area contributed by atoms with Crippen LogP contribution in [-0.2, 0) is 4.79 Å². The van der Waals surface area contributed by atoms with Gasteiger partial charge in [0.05, 0.1) is 17.8 Å². The number of anilines is 1. The molecule has 0 atom stereocenters. The summed E-state index contributed by atoms with van der Waals surface area (Å²) in [7, 11) is 1.43. The van der Waals surface area contributed by atoms with E-state index >= 15 is 0 Å². The minimum Gasteiger partial charge on any atom is -0.493 e. The number of carbonyl (C=O) groups is 2. The molecule has 0 aromatic heterocycles. The van der Waals surface area contributed by atoms with E-state index in [1.165, 1.54) is 31.4 Å². The number of carbonyl (C=O) groups excluding carboxylic acids is 2. The number of rotatable bonds is 6. The summed E-state index contributed by atoms with van der Waals surface area (Å²) in [5.41, 5.74) is 0.710. The first-order chi connectivity index (χ1) is 11.0. The summed E-state index contributed by atoms with van der Waals surface area (Å²) in [6.07, 6.45) is 0.676. The van der Waals surface area contributed by atoms with E-state index in [1.807, 2.05) is 0 Å². The molecule has 23 heavy (non-hydrogen) atoms. The van der Waals surface area contributed by atoms with E-state index in [0.29, 0.717) is 23.3 Å². The summed E-state index contributed by atoms with van der Waals surface area (Å²) < 4.78 is 23.4. The van der Waals surface area contributed by atoms with Crippen molar-refractivity contribution in [1.82, 2.24) is 0 Å². The average Bonchev–Trinajstić information content (AvgIpc) is 2.55. The fourth-order valence-electron chi connectivity index (χ4n) is 1.80. The van der Waals surface area contributed by atoms with Crippen molar-refractivity contribution < 1.29 is 23.5 Å². The van der Waals surface area contributed by atoms with Gasteiger partial charge in [0.25, 0.3) is 5.91 Å². The molecule has 2 rings (SSSR count). The number of hydrogen-bond acceptors (Lipinski definition) is 4. The Hall–Kier alpha value is -2.60. The zero-order valence-electron chi connectivity index (χ0n) is 12.1. The second kappa shape index (κ2) is 7.60. The summed E-state index contributed by atoms with van der Waals surface area (Å²) in [6.45, 7) is -0.301. The first kappa shape index (κ1) is 16.8. The minimum atomic E-state index is -0.496. The van der Waals surface area contributed by atoms with Crippen LogP contribution < -0.4 is 14.8 Å². The molecule has 0 aliphatic heterocycles. The molecule has 0 aliphatic carbocycles. The van der Waals surface area contributed by atoms with Gasteiger partial charge >= 0.3 is 0 Å². The predicted octanol–water partition coefficient (Wildman–Crippen LogP) is 3.32. The molecule has 1 N–H and O–H groups in total. The average molecular weight is 338 g/mol. The SMILES string of the molecule is COc1cc(C=O)ccc1OCC(=O)Nc1ccc(F)cc1Cl. The Morgan fingerprint density at radius 2 is 2.04 bits per heavy atom. The lowest BCUT2D eigenvalue weighted by molar-refractivity contribution is -0.118. The highest BCUT2D eigenvalue weighted by atomic mass is 35.5. The molecule has 0 radical (unpaired) electrons. The van der Waals surface area contributed by atoms with Crippen molar-refractivity contribution in [3.05, 3.63) is 52.8 Å². The Labute approximate surface area is 137 Å². The molecule has 0 fully saturated rings. The van der Waals surface area contributed by atoms with E-state index in [-0.39, 0.29) is 17.3 Å². The van der Waals surface area contributed by atoms with Crippen LogP contribution in [0.2, 0.25) is 5.02 Å². The maximum atomic E-state index is 12.9. The smallest absolute Gasteiger partial charge is 0.262 e. The Balaban J connectivity index is 2.00. The minimum absolute atomic E-state index is 0.0891. The van der Waals surface area contributed by atoms with Crippen molar-refractivity contribution in [2.24, 2.45) is 0 Å². The van der Waals surface area contributed by atoms with Gasteiger partial charge in [0.1, 0.15) is 12.1 Å². The Bertz CT molecular complexity index is 736. The van der Waals surface area contributed by atoms with Crippen LogP contribution in [0.3, 0.4) is 0 Å². The zero-order valence-corrected chi connectivity index (χ0v) is 12.9. The van der Waals surface area contributed by atoms with Crippen molar-refractivity contribution in [3.63, 3.8) is 0 Å². The number of ether oxygens (including phenoxy) is 2. The molecule has 2 aromatic rings. The molecule has 0 saturated carbocycles. The van der Waals surface area contributed by atoms with Crippen molar-refractivity contribution in [3.8, 4) is 11.5 Å². The number of amides is 1. The molecule has 0 bridgehead atoms. The van der Waals surface area contributed by atoms with Crippen molar-refractivity contribution in [1.29, 1.82) is 0 Å². The van der Waals surface area contributed by atoms with E-state index < -0.39 is 11.7 Å². The van der Waals surface area contributed by atoms with Crippen LogP contribution in [0, 0.1) is 5.82 Å². The van der Waals surface area contributed by atoms with E-state index in [9.17, 15) is 14.0 Å². The van der Waals surface area contributed by atoms with Gasteiger partial charge in [0, 0.05) is 5.56 Å². The molecule has 7 heteroatoms. The third-order valence-electron chi connectivity index (χ3n) is 2.89. The van der Waals surface area contributed by atoms with Crippen LogP contribution in [0.25, 0.3) is 0 Å². The Kier molecular flexibility index (Phi) is 5.54. The number of nitrogens with one attached hydrogen (secondary N) is 1. The lowest BCUT2D eigenvalue weighted by Crippen LogP contribution is -2.20. The van der Waals surface area contributed by atoms with Crippen molar-refractivity contribution in [2.45, 2.75) is 0 Å². The van der Waals surface area contributed by atoms with E-state index in [2.05, 4.69) is 5.32 Å². The van der Waals surface area contributed by atoms with Gasteiger partial charge in [-0.05, 0) is 36.4 Å². The van der Waals surface area contributed by atoms with E-state index in [4.69, 9.17) is 21.1 Å². The second-order valence-electron chi connectivity index (χ2n) is 4.49. The number of aldehydes is 1. The fourth-order valence-corrected chi connectivity index (χ4v) is 2.01. The van der Waals surface area contributed by atoms with Gasteiger partial charge in [0.15, 0.2) is 18.1 Å². The highest BCUT2D eigenvalue weighted by Gasteiger charge is 2.10. The quantitative estimate of drug-likeness (QED) is 0.821. The molecule has 5 nitrogen and oxygen atoms in total. The van der Waals surface area contributed by atoms with Gasteiger partial charge in [-0.2, -0.15) is 0 Å². The Morgan fingerprint density at radius 3 is 2.70 bits per heavy atom. The number of hydrogen-bond donors (Lipinski definition) is 1. The lowest BCUT2D eigenvalue weighted by atomic mass is 10.2. The van der Waals surface area contributed by atoms with Gasteiger partial charge in [-0.25, -0.2) is 4.39 Å². The van der Waals surface area contributed by atoms with Gasteiger partial charge in [0.2, 0.25) is 0 Å². The molecule has 0 heterocycles. The molecule has 1 amide bonds. The molecular weight excluding hydrogens is 325 g/mol. The van der Waals surface area contributed by atoms with E-state index in [0.717, 1.165) is 6.07 Å². The molecule has 0 aliphatic rings. The first-order valence-electron chi connectivity index (χ1n) is 6.54. The van der Waals surface area contributed by atoms with Crippen LogP contribution in [0.4, 0.5) is 10.1 Å². The summed E-state index contributed by atoms with van der Waals surface area (Å²) >= 11 is 5.82. The summed E-state index contributed by atoms with van der Waals surface area (Å²) in [5.74, 6) is -0.315. The number of halogens is 2. The monoisotopic (exact) mass is 337 g/mol. The maximum absolute atomic E-state index is 12.9. The molecular formula is C16H13ClFNO4. The van der Waals surface area contributed by atoms with Gasteiger partial charge in [-0.3, -0.25) is 9.59 Å². The molecule has 120 valence electrons. The highest BCUT2D eigenvalue weighted by Crippen LogP contribution is 2.27. The lowest BCUT2D eigenvalue weighted by Gasteiger charge is -2.11. The summed E-state index contributed by atoms with van der Waals surface area (Å²) in [6, 6.07) is 8.20. The third-order valence-corrected chi connectivity index (χ3v) is 3.20.